The number of anilines is 3. The van der Waals surface area contributed by atoms with Crippen molar-refractivity contribution in [2.75, 3.05) is 31.3 Å². The van der Waals surface area contributed by atoms with Gasteiger partial charge < -0.3 is 15.8 Å². The van der Waals surface area contributed by atoms with Crippen LogP contribution in [-0.4, -0.2) is 57.3 Å². The van der Waals surface area contributed by atoms with Crippen LogP contribution in [0.4, 0.5) is 21.7 Å². The number of methoxy groups -OCH3 is 1. The number of hydrazone groups is 1. The summed E-state index contributed by atoms with van der Waals surface area (Å²) in [6.45, 7) is 1.99. The zero-order chi connectivity index (χ0) is 24.2. The summed E-state index contributed by atoms with van der Waals surface area (Å²) in [6, 6.07) is 12.7. The predicted molar refractivity (Wildman–Crippen MR) is 134 cm³/mol. The Kier molecular flexibility index (Phi) is 6.53. The SMILES string of the molecule is COC[C@H]1CCCN1N=Cc1c(N)ncnc1Nc1ccc2c(cnn2Cc2cccc(F)c2)c1. The molecule has 1 saturated heterocycles. The van der Waals surface area contributed by atoms with Crippen molar-refractivity contribution in [1.29, 1.82) is 0 Å². The number of nitrogens with two attached hydrogens (primary N) is 1. The first-order valence-corrected chi connectivity index (χ1v) is 11.5. The quantitative estimate of drug-likeness (QED) is 0.374. The van der Waals surface area contributed by atoms with Crippen molar-refractivity contribution in [1.82, 2.24) is 24.8 Å². The summed E-state index contributed by atoms with van der Waals surface area (Å²) < 4.78 is 20.7. The number of fused-ring (bicyclic) bond motifs is 1. The van der Waals surface area contributed by atoms with Gasteiger partial charge in [0.2, 0.25) is 0 Å². The fourth-order valence-corrected chi connectivity index (χ4v) is 4.34. The number of rotatable bonds is 8. The molecule has 35 heavy (non-hydrogen) atoms. The van der Waals surface area contributed by atoms with Gasteiger partial charge in [-0.05, 0) is 48.7 Å². The topological polar surface area (TPSA) is 106 Å². The molecule has 3 heterocycles. The van der Waals surface area contributed by atoms with Crippen LogP contribution in [0, 0.1) is 5.82 Å². The molecule has 4 aromatic rings. The average molecular weight is 475 g/mol. The van der Waals surface area contributed by atoms with E-state index in [4.69, 9.17) is 10.5 Å². The van der Waals surface area contributed by atoms with Crippen LogP contribution in [0.5, 0.6) is 0 Å². The first-order valence-electron chi connectivity index (χ1n) is 11.5. The van der Waals surface area contributed by atoms with Gasteiger partial charge in [-0.25, -0.2) is 14.4 Å². The van der Waals surface area contributed by atoms with Gasteiger partial charge in [-0.3, -0.25) is 9.69 Å². The van der Waals surface area contributed by atoms with Crippen LogP contribution >= 0.6 is 0 Å². The van der Waals surface area contributed by atoms with E-state index in [0.717, 1.165) is 41.5 Å². The fourth-order valence-electron chi connectivity index (χ4n) is 4.34. The van der Waals surface area contributed by atoms with E-state index < -0.39 is 0 Å². The van der Waals surface area contributed by atoms with Crippen molar-refractivity contribution in [3.8, 4) is 0 Å². The van der Waals surface area contributed by atoms with E-state index in [2.05, 4.69) is 25.5 Å². The molecule has 0 radical (unpaired) electrons. The number of nitrogens with zero attached hydrogens (tertiary/aromatic N) is 6. The summed E-state index contributed by atoms with van der Waals surface area (Å²) in [5.41, 5.74) is 9.41. The smallest absolute Gasteiger partial charge is 0.144 e. The minimum Gasteiger partial charge on any atom is -0.383 e. The van der Waals surface area contributed by atoms with Crippen LogP contribution < -0.4 is 11.1 Å². The molecular formula is C25H27FN8O. The minimum absolute atomic E-state index is 0.254. The number of hydrogen-bond acceptors (Lipinski definition) is 8. The zero-order valence-electron chi connectivity index (χ0n) is 19.4. The molecule has 5 rings (SSSR count). The summed E-state index contributed by atoms with van der Waals surface area (Å²) in [4.78, 5) is 8.53. The van der Waals surface area contributed by atoms with Crippen LogP contribution in [0.1, 0.15) is 24.0 Å². The number of nitrogen functional groups attached to an aromatic ring is 1. The maximum atomic E-state index is 13.6. The van der Waals surface area contributed by atoms with Gasteiger partial charge in [-0.2, -0.15) is 10.2 Å². The first kappa shape index (κ1) is 22.7. The largest absolute Gasteiger partial charge is 0.383 e. The second kappa shape index (κ2) is 10.1. The molecule has 3 N–H and O–H groups in total. The number of benzene rings is 2. The van der Waals surface area contributed by atoms with Crippen molar-refractivity contribution >= 4 is 34.4 Å². The second-order valence-electron chi connectivity index (χ2n) is 8.51. The van der Waals surface area contributed by atoms with Gasteiger partial charge in [0.25, 0.3) is 0 Å². The van der Waals surface area contributed by atoms with Gasteiger partial charge in [0, 0.05) is 24.7 Å². The Morgan fingerprint density at radius 1 is 1.26 bits per heavy atom. The van der Waals surface area contributed by atoms with Crippen LogP contribution in [0.3, 0.4) is 0 Å². The van der Waals surface area contributed by atoms with Crippen LogP contribution in [0.15, 0.2) is 60.1 Å². The molecule has 0 amide bonds. The Morgan fingerprint density at radius 3 is 3.03 bits per heavy atom. The van der Waals surface area contributed by atoms with Crippen molar-refractivity contribution in [2.24, 2.45) is 5.10 Å². The normalized spacial score (nSPS) is 15.9. The lowest BCUT2D eigenvalue weighted by atomic mass is 10.2. The van der Waals surface area contributed by atoms with E-state index in [1.165, 1.54) is 18.5 Å². The van der Waals surface area contributed by atoms with Crippen molar-refractivity contribution in [3.05, 3.63) is 71.9 Å². The van der Waals surface area contributed by atoms with E-state index >= 15 is 0 Å². The summed E-state index contributed by atoms with van der Waals surface area (Å²) in [6.07, 6.45) is 7.04. The van der Waals surface area contributed by atoms with E-state index in [1.807, 2.05) is 34.0 Å². The van der Waals surface area contributed by atoms with E-state index in [9.17, 15) is 4.39 Å². The molecule has 0 bridgehead atoms. The summed E-state index contributed by atoms with van der Waals surface area (Å²) in [7, 11) is 1.70. The Bertz CT molecular complexity index is 1350. The van der Waals surface area contributed by atoms with Gasteiger partial charge in [0.05, 0.1) is 42.7 Å². The van der Waals surface area contributed by atoms with Crippen LogP contribution in [-0.2, 0) is 11.3 Å². The molecule has 0 saturated carbocycles. The molecular weight excluding hydrogens is 447 g/mol. The van der Waals surface area contributed by atoms with Crippen molar-refractivity contribution in [3.63, 3.8) is 0 Å². The highest BCUT2D eigenvalue weighted by molar-refractivity contribution is 5.93. The Balaban J connectivity index is 1.36. The Labute approximate surface area is 202 Å². The standard InChI is InChI=1S/C25H27FN8O/c1-35-15-21-6-3-9-33(21)31-13-22-24(27)28-16-29-25(22)32-20-7-8-23-18(11-20)12-30-34(23)14-17-4-2-5-19(26)10-17/h2,4-5,7-8,10-13,16,21H,3,6,9,14-15H2,1H3,(H3,27,28,29,32)/t21-/m1/s1. The second-order valence-corrected chi connectivity index (χ2v) is 8.51. The molecule has 1 atom stereocenters. The highest BCUT2D eigenvalue weighted by Gasteiger charge is 2.23. The molecule has 0 aliphatic carbocycles. The molecule has 0 spiro atoms. The maximum absolute atomic E-state index is 13.6. The van der Waals surface area contributed by atoms with E-state index in [-0.39, 0.29) is 11.9 Å². The molecule has 2 aromatic heterocycles. The Morgan fingerprint density at radius 2 is 2.17 bits per heavy atom. The monoisotopic (exact) mass is 474 g/mol. The van der Waals surface area contributed by atoms with E-state index in [1.54, 1.807) is 25.6 Å². The molecule has 180 valence electrons. The third-order valence-electron chi connectivity index (χ3n) is 6.08. The number of aromatic nitrogens is 4. The lowest BCUT2D eigenvalue weighted by Gasteiger charge is -2.20. The third kappa shape index (κ3) is 5.07. The fraction of sp³-hybridized carbons (Fsp3) is 0.280. The maximum Gasteiger partial charge on any atom is 0.144 e. The van der Waals surface area contributed by atoms with Crippen molar-refractivity contribution < 1.29 is 9.13 Å². The van der Waals surface area contributed by atoms with Gasteiger partial charge in [0.15, 0.2) is 0 Å². The number of ether oxygens (including phenoxy) is 1. The zero-order valence-corrected chi connectivity index (χ0v) is 19.4. The minimum atomic E-state index is -0.257. The summed E-state index contributed by atoms with van der Waals surface area (Å²) in [5, 5.41) is 15.4. The highest BCUT2D eigenvalue weighted by Crippen LogP contribution is 2.25. The van der Waals surface area contributed by atoms with Gasteiger partial charge in [-0.1, -0.05) is 12.1 Å². The Hall–Kier alpha value is -4.05. The first-order chi connectivity index (χ1) is 17.1. The van der Waals surface area contributed by atoms with Crippen molar-refractivity contribution in [2.45, 2.75) is 25.4 Å². The van der Waals surface area contributed by atoms with Crippen LogP contribution in [0.25, 0.3) is 10.9 Å². The van der Waals surface area contributed by atoms with Gasteiger partial charge >= 0.3 is 0 Å². The molecule has 1 aliphatic rings. The molecule has 10 heteroatoms. The number of halogens is 1. The number of nitrogens with one attached hydrogen (secondary N) is 1. The van der Waals surface area contributed by atoms with Gasteiger partial charge in [0.1, 0.15) is 23.8 Å². The molecule has 0 unspecified atom stereocenters. The lowest BCUT2D eigenvalue weighted by molar-refractivity contribution is 0.118. The van der Waals surface area contributed by atoms with E-state index in [0.29, 0.717) is 30.4 Å². The lowest BCUT2D eigenvalue weighted by Crippen LogP contribution is -2.28. The molecule has 2 aromatic carbocycles. The number of hydrogen-bond donors (Lipinski definition) is 2. The van der Waals surface area contributed by atoms with Crippen LogP contribution in [0.2, 0.25) is 0 Å². The summed E-state index contributed by atoms with van der Waals surface area (Å²) >= 11 is 0. The summed E-state index contributed by atoms with van der Waals surface area (Å²) in [5.74, 6) is 0.654. The molecule has 1 aliphatic heterocycles. The third-order valence-corrected chi connectivity index (χ3v) is 6.08. The van der Waals surface area contributed by atoms with Gasteiger partial charge in [-0.15, -0.1) is 0 Å². The average Bonchev–Trinajstić information content (AvgIpc) is 3.45. The molecule has 1 fully saturated rings. The predicted octanol–water partition coefficient (Wildman–Crippen LogP) is 3.78. The highest BCUT2D eigenvalue weighted by atomic mass is 19.1. The molecule has 9 nitrogen and oxygen atoms in total.